The minimum Gasteiger partial charge on any atom is -0.280 e. The molecule has 5 heteroatoms. The first-order chi connectivity index (χ1) is 2.64. The van der Waals surface area contributed by atoms with E-state index in [0.29, 0.717) is 0 Å². The Morgan fingerprint density at radius 3 is 1.71 bits per heavy atom. The lowest BCUT2D eigenvalue weighted by Gasteiger charge is -1.80. The van der Waals surface area contributed by atoms with Crippen molar-refractivity contribution in [2.75, 3.05) is 0 Å². The van der Waals surface area contributed by atoms with Crippen LogP contribution in [-0.2, 0) is 4.79 Å². The third kappa shape index (κ3) is 6.49. The Morgan fingerprint density at radius 2 is 1.71 bits per heavy atom. The average Bonchev–Trinajstić information content (AvgIpc) is 1.36. The lowest BCUT2D eigenvalue weighted by molar-refractivity contribution is -0.119. The molecule has 0 aliphatic rings. The van der Waals surface area contributed by atoms with Crippen molar-refractivity contribution < 1.29 is 13.6 Å². The van der Waals surface area contributed by atoms with Gasteiger partial charge in [-0.15, -0.1) is 17.0 Å². The fourth-order valence-corrected chi connectivity index (χ4v) is 0. The van der Waals surface area contributed by atoms with E-state index in [2.05, 4.69) is 0 Å². The standard InChI is InChI=1S/C2HBrF2O.BrH/c3-1(6)2(4)5;/h2H;1H. The summed E-state index contributed by atoms with van der Waals surface area (Å²) in [4.78, 5) is 9.31. The maximum Gasteiger partial charge on any atom is 0.306 e. The number of hydrogen-bond acceptors (Lipinski definition) is 1. The van der Waals surface area contributed by atoms with Crippen LogP contribution in [0.15, 0.2) is 0 Å². The third-order valence-corrected chi connectivity index (χ3v) is 0.518. The smallest absolute Gasteiger partial charge is 0.280 e. The maximum atomic E-state index is 10.8. The highest BCUT2D eigenvalue weighted by Crippen LogP contribution is 1.97. The van der Waals surface area contributed by atoms with Gasteiger partial charge in [0.15, 0.2) is 0 Å². The Labute approximate surface area is 58.0 Å². The molecule has 0 aromatic carbocycles. The van der Waals surface area contributed by atoms with E-state index in [1.54, 1.807) is 0 Å². The normalized spacial score (nSPS) is 8.00. The van der Waals surface area contributed by atoms with Crippen LogP contribution in [0.2, 0.25) is 0 Å². The van der Waals surface area contributed by atoms with Gasteiger partial charge in [0.05, 0.1) is 0 Å². The summed E-state index contributed by atoms with van der Waals surface area (Å²) < 4.78 is 20.3. The Morgan fingerprint density at radius 1 is 1.57 bits per heavy atom. The molecule has 0 aromatic rings. The quantitative estimate of drug-likeness (QED) is 0.638. The minimum absolute atomic E-state index is 0. The molecule has 0 saturated heterocycles. The van der Waals surface area contributed by atoms with Crippen molar-refractivity contribution in [1.29, 1.82) is 0 Å². The van der Waals surface area contributed by atoms with E-state index in [1.807, 2.05) is 15.9 Å². The van der Waals surface area contributed by atoms with Crippen LogP contribution < -0.4 is 0 Å². The molecule has 0 radical (unpaired) electrons. The molecule has 0 atom stereocenters. The number of alkyl halides is 2. The first kappa shape index (κ1) is 10.5. The molecule has 0 N–H and O–H groups in total. The van der Waals surface area contributed by atoms with Gasteiger partial charge in [-0.3, -0.25) is 4.79 Å². The first-order valence-corrected chi connectivity index (χ1v) is 1.91. The molecule has 0 unspecified atom stereocenters. The number of rotatable bonds is 1. The van der Waals surface area contributed by atoms with Crippen LogP contribution in [-0.4, -0.2) is 11.1 Å². The predicted molar refractivity (Wildman–Crippen MR) is 30.3 cm³/mol. The van der Waals surface area contributed by atoms with Gasteiger partial charge >= 0.3 is 6.43 Å². The molecule has 0 fully saturated rings. The van der Waals surface area contributed by atoms with Gasteiger partial charge in [0.2, 0.25) is 0 Å². The zero-order valence-corrected chi connectivity index (χ0v) is 6.33. The topological polar surface area (TPSA) is 17.1 Å². The van der Waals surface area contributed by atoms with Gasteiger partial charge in [-0.1, -0.05) is 0 Å². The van der Waals surface area contributed by atoms with Crippen molar-refractivity contribution in [1.82, 2.24) is 0 Å². The first-order valence-electron chi connectivity index (χ1n) is 1.12. The van der Waals surface area contributed by atoms with Crippen LogP contribution in [0.25, 0.3) is 0 Å². The summed E-state index contributed by atoms with van der Waals surface area (Å²) in [5, 5.41) is 0. The van der Waals surface area contributed by atoms with E-state index in [0.717, 1.165) is 0 Å². The molecule has 1 nitrogen and oxygen atoms in total. The minimum atomic E-state index is -2.87. The van der Waals surface area contributed by atoms with Crippen molar-refractivity contribution in [3.63, 3.8) is 0 Å². The van der Waals surface area contributed by atoms with Crippen molar-refractivity contribution in [2.45, 2.75) is 6.43 Å². The highest BCUT2D eigenvalue weighted by atomic mass is 79.9. The Balaban J connectivity index is 0. The van der Waals surface area contributed by atoms with Gasteiger partial charge in [0, 0.05) is 0 Å². The van der Waals surface area contributed by atoms with Crippen molar-refractivity contribution >= 4 is 37.6 Å². The van der Waals surface area contributed by atoms with Crippen molar-refractivity contribution in [3.05, 3.63) is 0 Å². The number of carbonyl (C=O) groups excluding carboxylic acids is 1. The lowest BCUT2D eigenvalue weighted by atomic mass is 10.8. The average molecular weight is 240 g/mol. The summed E-state index contributed by atoms with van der Waals surface area (Å²) in [7, 11) is 0. The molecular weight excluding hydrogens is 238 g/mol. The van der Waals surface area contributed by atoms with E-state index in [4.69, 9.17) is 0 Å². The van der Waals surface area contributed by atoms with E-state index >= 15 is 0 Å². The summed E-state index contributed by atoms with van der Waals surface area (Å²) >= 11 is 2.05. The summed E-state index contributed by atoms with van der Waals surface area (Å²) in [6.07, 6.45) is -2.87. The van der Waals surface area contributed by atoms with Crippen LogP contribution in [0, 0.1) is 0 Å². The Bertz CT molecular complexity index is 64.7. The van der Waals surface area contributed by atoms with E-state index in [-0.39, 0.29) is 17.0 Å². The highest BCUT2D eigenvalue weighted by molar-refractivity contribution is 9.18. The summed E-state index contributed by atoms with van der Waals surface area (Å²) in [6, 6.07) is 0. The number of halogens is 4. The van der Waals surface area contributed by atoms with Crippen molar-refractivity contribution in [3.8, 4) is 0 Å². The maximum absolute atomic E-state index is 10.8. The molecule has 0 saturated carbocycles. The summed E-state index contributed by atoms with van der Waals surface area (Å²) in [5.74, 6) is 0. The Kier molecular flexibility index (Phi) is 6.94. The predicted octanol–water partition coefficient (Wildman–Crippen LogP) is 1.75. The largest absolute Gasteiger partial charge is 0.306 e. The molecule has 0 spiro atoms. The van der Waals surface area contributed by atoms with Gasteiger partial charge in [0.25, 0.3) is 4.69 Å². The SMILES string of the molecule is Br.O=C(Br)C(F)F. The fraction of sp³-hybridized carbons (Fsp3) is 0.500. The van der Waals surface area contributed by atoms with Crippen molar-refractivity contribution in [2.24, 2.45) is 0 Å². The molecule has 0 heterocycles. The summed E-state index contributed by atoms with van der Waals surface area (Å²) in [5.41, 5.74) is 0. The molecule has 0 rings (SSSR count). The fourth-order valence-electron chi connectivity index (χ4n) is 0. The zero-order valence-electron chi connectivity index (χ0n) is 3.03. The highest BCUT2D eigenvalue weighted by Gasteiger charge is 2.08. The molecule has 0 aliphatic carbocycles. The van der Waals surface area contributed by atoms with Gasteiger partial charge in [-0.2, -0.15) is 0 Å². The Hall–Kier alpha value is 0.490. The molecule has 0 bridgehead atoms. The van der Waals surface area contributed by atoms with Gasteiger partial charge in [-0.05, 0) is 15.9 Å². The van der Waals surface area contributed by atoms with Crippen LogP contribution in [0.5, 0.6) is 0 Å². The molecule has 7 heavy (non-hydrogen) atoms. The van der Waals surface area contributed by atoms with E-state index in [9.17, 15) is 13.6 Å². The van der Waals surface area contributed by atoms with Crippen LogP contribution in [0.1, 0.15) is 0 Å². The lowest BCUT2D eigenvalue weighted by Crippen LogP contribution is -1.97. The van der Waals surface area contributed by atoms with Crippen LogP contribution >= 0.6 is 32.9 Å². The number of carbonyl (C=O) groups is 1. The van der Waals surface area contributed by atoms with Crippen LogP contribution in [0.4, 0.5) is 8.78 Å². The zero-order chi connectivity index (χ0) is 5.15. The molecule has 44 valence electrons. The molecule has 0 amide bonds. The molecule has 0 aromatic heterocycles. The van der Waals surface area contributed by atoms with Gasteiger partial charge in [-0.25, -0.2) is 8.78 Å². The number of hydrogen-bond donors (Lipinski definition) is 0. The summed E-state index contributed by atoms with van der Waals surface area (Å²) in [6.45, 7) is 0. The monoisotopic (exact) mass is 238 g/mol. The van der Waals surface area contributed by atoms with Gasteiger partial charge < -0.3 is 0 Å². The van der Waals surface area contributed by atoms with E-state index in [1.165, 1.54) is 0 Å². The van der Waals surface area contributed by atoms with Crippen LogP contribution in [0.3, 0.4) is 0 Å². The second-order valence-corrected chi connectivity index (χ2v) is 1.39. The third-order valence-electron chi connectivity index (χ3n) is 0.172. The second-order valence-electron chi connectivity index (χ2n) is 0.605. The van der Waals surface area contributed by atoms with E-state index < -0.39 is 11.1 Å². The van der Waals surface area contributed by atoms with Gasteiger partial charge in [0.1, 0.15) is 0 Å². The molecular formula is C2H2Br2F2O. The molecule has 0 aliphatic heterocycles. The second kappa shape index (κ2) is 4.64.